The van der Waals surface area contributed by atoms with E-state index in [0.29, 0.717) is 31.7 Å². The molecule has 3 heterocycles. The van der Waals surface area contributed by atoms with Crippen LogP contribution in [0.4, 0.5) is 8.78 Å². The molecule has 2 aliphatic rings. The van der Waals surface area contributed by atoms with Gasteiger partial charge in [-0.3, -0.25) is 19.1 Å². The summed E-state index contributed by atoms with van der Waals surface area (Å²) in [5.74, 6) is -1.43. The van der Waals surface area contributed by atoms with Crippen molar-refractivity contribution in [2.45, 2.75) is 45.2 Å². The number of carbonyl (C=O) groups is 2. The van der Waals surface area contributed by atoms with E-state index in [9.17, 15) is 23.5 Å². The fourth-order valence-electron chi connectivity index (χ4n) is 4.12. The van der Waals surface area contributed by atoms with E-state index in [4.69, 9.17) is 0 Å². The monoisotopic (exact) mass is 369 g/mol. The van der Waals surface area contributed by atoms with E-state index >= 15 is 0 Å². The highest BCUT2D eigenvalue weighted by Gasteiger charge is 2.33. The summed E-state index contributed by atoms with van der Waals surface area (Å²) in [4.78, 5) is 27.7. The zero-order chi connectivity index (χ0) is 18.8. The molecule has 26 heavy (non-hydrogen) atoms. The summed E-state index contributed by atoms with van der Waals surface area (Å²) in [6.45, 7) is 1.28. The average molecular weight is 369 g/mol. The van der Waals surface area contributed by atoms with Crippen LogP contribution in [0.1, 0.15) is 48.4 Å². The third-order valence-corrected chi connectivity index (χ3v) is 5.61. The summed E-state index contributed by atoms with van der Waals surface area (Å²) in [6.07, 6.45) is 3.07. The van der Waals surface area contributed by atoms with Gasteiger partial charge in [-0.25, -0.2) is 0 Å². The Kier molecular flexibility index (Phi) is 5.60. The molecule has 1 aromatic heterocycles. The number of aliphatic carboxylic acids is 1. The van der Waals surface area contributed by atoms with Crippen molar-refractivity contribution in [3.8, 4) is 0 Å². The van der Waals surface area contributed by atoms with Crippen molar-refractivity contribution in [1.29, 1.82) is 0 Å². The highest BCUT2D eigenvalue weighted by atomic mass is 19.3. The second-order valence-electron chi connectivity index (χ2n) is 7.20. The van der Waals surface area contributed by atoms with Crippen LogP contribution in [0.15, 0.2) is 12.1 Å². The van der Waals surface area contributed by atoms with Crippen molar-refractivity contribution in [2.24, 2.45) is 5.92 Å². The first-order chi connectivity index (χ1) is 12.4. The molecule has 8 heteroatoms. The van der Waals surface area contributed by atoms with Crippen LogP contribution in [0, 0.1) is 12.8 Å². The Morgan fingerprint density at radius 3 is 2.46 bits per heavy atom. The molecular weight excluding hydrogens is 344 g/mol. The van der Waals surface area contributed by atoms with Crippen LogP contribution in [0.5, 0.6) is 0 Å². The Hall–Kier alpha value is -1.96. The van der Waals surface area contributed by atoms with Gasteiger partial charge in [0.25, 0.3) is 5.91 Å². The van der Waals surface area contributed by atoms with Crippen LogP contribution in [0.2, 0.25) is 0 Å². The third kappa shape index (κ3) is 3.75. The summed E-state index contributed by atoms with van der Waals surface area (Å²) >= 11 is 0. The molecule has 0 radical (unpaired) electrons. The molecule has 6 nitrogen and oxygen atoms in total. The lowest BCUT2D eigenvalue weighted by Gasteiger charge is -2.41. The van der Waals surface area contributed by atoms with Crippen LogP contribution in [-0.2, 0) is 4.79 Å². The van der Waals surface area contributed by atoms with Crippen molar-refractivity contribution in [3.05, 3.63) is 23.5 Å². The molecule has 0 spiro atoms. The number of amides is 1. The summed E-state index contributed by atoms with van der Waals surface area (Å²) in [6, 6.07) is 3.24. The van der Waals surface area contributed by atoms with Crippen LogP contribution in [0.3, 0.4) is 0 Å². The number of carboxylic acids is 1. The maximum Gasteiger partial charge on any atom is 0.319 e. The fourth-order valence-corrected chi connectivity index (χ4v) is 4.12. The Labute approximate surface area is 151 Å². The SMILES string of the molecule is Cc1ccc(C(=O)N2CCC(N3CCCC(C(=O)O)C3)CC2)n1C(F)F. The van der Waals surface area contributed by atoms with E-state index in [1.54, 1.807) is 11.8 Å². The lowest BCUT2D eigenvalue weighted by molar-refractivity contribution is -0.144. The first kappa shape index (κ1) is 18.8. The van der Waals surface area contributed by atoms with Crippen molar-refractivity contribution in [3.63, 3.8) is 0 Å². The molecule has 0 bridgehead atoms. The number of carbonyl (C=O) groups excluding carboxylic acids is 1. The number of likely N-dealkylation sites (tertiary alicyclic amines) is 2. The average Bonchev–Trinajstić information content (AvgIpc) is 3.03. The van der Waals surface area contributed by atoms with Gasteiger partial charge in [0.1, 0.15) is 5.69 Å². The van der Waals surface area contributed by atoms with Gasteiger partial charge in [-0.15, -0.1) is 0 Å². The molecule has 2 saturated heterocycles. The molecule has 1 atom stereocenters. The van der Waals surface area contributed by atoms with E-state index in [0.717, 1.165) is 30.4 Å². The molecule has 2 fully saturated rings. The van der Waals surface area contributed by atoms with Crippen LogP contribution < -0.4 is 0 Å². The number of hydrogen-bond acceptors (Lipinski definition) is 3. The predicted molar refractivity (Wildman–Crippen MR) is 91.3 cm³/mol. The number of nitrogens with zero attached hydrogens (tertiary/aromatic N) is 3. The van der Waals surface area contributed by atoms with Gasteiger partial charge in [0, 0.05) is 31.4 Å². The molecule has 0 saturated carbocycles. The number of rotatable bonds is 4. The molecule has 1 amide bonds. The number of aryl methyl sites for hydroxylation is 1. The Balaban J connectivity index is 1.60. The van der Waals surface area contributed by atoms with Gasteiger partial charge in [-0.1, -0.05) is 0 Å². The van der Waals surface area contributed by atoms with Crippen molar-refractivity contribution >= 4 is 11.9 Å². The summed E-state index contributed by atoms with van der Waals surface area (Å²) < 4.78 is 27.2. The minimum Gasteiger partial charge on any atom is -0.481 e. The number of halogens is 2. The van der Waals surface area contributed by atoms with Gasteiger partial charge in [0.2, 0.25) is 0 Å². The molecular formula is C18H25F2N3O3. The molecule has 1 unspecified atom stereocenters. The highest BCUT2D eigenvalue weighted by molar-refractivity contribution is 5.93. The van der Waals surface area contributed by atoms with Crippen LogP contribution in [0.25, 0.3) is 0 Å². The lowest BCUT2D eigenvalue weighted by Crippen LogP contribution is -2.50. The molecule has 1 N–H and O–H groups in total. The molecule has 2 aliphatic heterocycles. The fraction of sp³-hybridized carbons (Fsp3) is 0.667. The van der Waals surface area contributed by atoms with E-state index in [2.05, 4.69) is 4.90 Å². The largest absolute Gasteiger partial charge is 0.481 e. The van der Waals surface area contributed by atoms with E-state index in [-0.39, 0.29) is 23.6 Å². The van der Waals surface area contributed by atoms with Crippen molar-refractivity contribution in [1.82, 2.24) is 14.4 Å². The Bertz CT molecular complexity index is 669. The van der Waals surface area contributed by atoms with Crippen LogP contribution >= 0.6 is 0 Å². The quantitative estimate of drug-likeness (QED) is 0.886. The Morgan fingerprint density at radius 2 is 1.85 bits per heavy atom. The zero-order valence-electron chi connectivity index (χ0n) is 14.9. The summed E-state index contributed by atoms with van der Waals surface area (Å²) in [5.41, 5.74) is 0.395. The standard InChI is InChI=1S/C18H25F2N3O3/c1-12-4-5-15(23(12)18(19)20)16(24)21-9-6-14(7-10-21)22-8-2-3-13(11-22)17(25)26/h4-5,13-14,18H,2-3,6-11H2,1H3,(H,25,26). The van der Waals surface area contributed by atoms with Crippen LogP contribution in [-0.4, -0.2) is 63.6 Å². The second-order valence-corrected chi connectivity index (χ2v) is 7.20. The number of carboxylic acid groups (broad SMARTS) is 1. The third-order valence-electron chi connectivity index (χ3n) is 5.61. The normalized spacial score (nSPS) is 22.8. The topological polar surface area (TPSA) is 65.8 Å². The first-order valence-corrected chi connectivity index (χ1v) is 9.10. The number of hydrogen-bond donors (Lipinski definition) is 1. The van der Waals surface area contributed by atoms with E-state index < -0.39 is 12.5 Å². The Morgan fingerprint density at radius 1 is 1.15 bits per heavy atom. The minimum atomic E-state index is -2.73. The highest BCUT2D eigenvalue weighted by Crippen LogP contribution is 2.26. The second kappa shape index (κ2) is 7.73. The van der Waals surface area contributed by atoms with Gasteiger partial charge >= 0.3 is 12.5 Å². The van der Waals surface area contributed by atoms with Gasteiger partial charge in [-0.2, -0.15) is 8.78 Å². The van der Waals surface area contributed by atoms with Gasteiger partial charge < -0.3 is 10.0 Å². The summed E-state index contributed by atoms with van der Waals surface area (Å²) in [7, 11) is 0. The molecule has 0 aliphatic carbocycles. The maximum absolute atomic E-state index is 13.2. The molecule has 144 valence electrons. The maximum atomic E-state index is 13.2. The van der Waals surface area contributed by atoms with E-state index in [1.807, 2.05) is 0 Å². The number of aromatic nitrogens is 1. The first-order valence-electron chi connectivity index (χ1n) is 9.10. The van der Waals surface area contributed by atoms with Crippen molar-refractivity contribution < 1.29 is 23.5 Å². The summed E-state index contributed by atoms with van der Waals surface area (Å²) in [5, 5.41) is 9.22. The molecule has 1 aromatic rings. The molecule has 0 aromatic carbocycles. The van der Waals surface area contributed by atoms with Gasteiger partial charge in [0.15, 0.2) is 0 Å². The van der Waals surface area contributed by atoms with Crippen molar-refractivity contribution in [2.75, 3.05) is 26.2 Å². The number of alkyl halides is 2. The lowest BCUT2D eigenvalue weighted by atomic mass is 9.94. The number of piperidine rings is 2. The predicted octanol–water partition coefficient (Wildman–Crippen LogP) is 2.59. The molecule has 3 rings (SSSR count). The van der Waals surface area contributed by atoms with Gasteiger partial charge in [0.05, 0.1) is 5.92 Å². The minimum absolute atomic E-state index is 0.0277. The zero-order valence-corrected chi connectivity index (χ0v) is 14.9. The van der Waals surface area contributed by atoms with E-state index in [1.165, 1.54) is 12.1 Å². The smallest absolute Gasteiger partial charge is 0.319 e. The van der Waals surface area contributed by atoms with Gasteiger partial charge in [-0.05, 0) is 51.3 Å².